The molecule has 0 saturated heterocycles. The van der Waals surface area contributed by atoms with Gasteiger partial charge < -0.3 is 9.69 Å². The first-order chi connectivity index (χ1) is 5.83. The van der Waals surface area contributed by atoms with Crippen molar-refractivity contribution in [3.05, 3.63) is 11.4 Å². The zero-order valence-corrected chi connectivity index (χ0v) is 6.06. The molecular formula is C6H5N3O3. The number of fused-ring (bicyclic) bond motifs is 1. The lowest BCUT2D eigenvalue weighted by Crippen LogP contribution is -2.26. The van der Waals surface area contributed by atoms with Crippen molar-refractivity contribution in [1.82, 2.24) is 15.2 Å². The second kappa shape index (κ2) is 2.40. The van der Waals surface area contributed by atoms with Crippen LogP contribution in [-0.2, 0) is 11.3 Å². The molecule has 2 heterocycles. The number of rotatable bonds is 2. The van der Waals surface area contributed by atoms with E-state index in [0.717, 1.165) is 0 Å². The normalized spacial score (nSPS) is 15.0. The van der Waals surface area contributed by atoms with Crippen molar-refractivity contribution in [3.8, 4) is 0 Å². The van der Waals surface area contributed by atoms with Crippen LogP contribution in [0.25, 0.3) is 0 Å². The quantitative estimate of drug-likeness (QED) is 0.540. The first-order valence-electron chi connectivity index (χ1n) is 3.37. The Morgan fingerprint density at radius 1 is 1.58 bits per heavy atom. The van der Waals surface area contributed by atoms with Crippen molar-refractivity contribution >= 4 is 12.2 Å². The molecule has 1 aromatic heterocycles. The van der Waals surface area contributed by atoms with Crippen LogP contribution < -0.4 is 0 Å². The molecule has 0 aromatic carbocycles. The van der Waals surface area contributed by atoms with Gasteiger partial charge in [-0.2, -0.15) is 0 Å². The molecule has 62 valence electrons. The maximum absolute atomic E-state index is 11.3. The van der Waals surface area contributed by atoms with E-state index in [0.29, 0.717) is 18.5 Å². The van der Waals surface area contributed by atoms with Crippen LogP contribution in [0.2, 0.25) is 0 Å². The summed E-state index contributed by atoms with van der Waals surface area (Å²) in [5.74, 6) is -0.293. The molecule has 0 unspecified atom stereocenters. The minimum absolute atomic E-state index is 0.0802. The predicted octanol–water partition coefficient (Wildman–Crippen LogP) is -0.776. The monoisotopic (exact) mass is 167 g/mol. The standard InChI is InChI=1S/C6H5N3O3/c10-2-1-9-3-4-5(6(9)11)8-12-7-4/h2H,1,3H2. The van der Waals surface area contributed by atoms with Gasteiger partial charge in [0.05, 0.1) is 13.1 Å². The van der Waals surface area contributed by atoms with E-state index in [1.807, 2.05) is 0 Å². The van der Waals surface area contributed by atoms with E-state index in [-0.39, 0.29) is 18.1 Å². The molecule has 1 aromatic rings. The molecular weight excluding hydrogens is 162 g/mol. The lowest BCUT2D eigenvalue weighted by molar-refractivity contribution is -0.108. The maximum atomic E-state index is 11.3. The maximum Gasteiger partial charge on any atom is 0.278 e. The van der Waals surface area contributed by atoms with Crippen molar-refractivity contribution in [2.45, 2.75) is 6.54 Å². The van der Waals surface area contributed by atoms with E-state index < -0.39 is 0 Å². The highest BCUT2D eigenvalue weighted by Gasteiger charge is 2.32. The molecule has 0 bridgehead atoms. The summed E-state index contributed by atoms with van der Waals surface area (Å²) >= 11 is 0. The Hall–Kier alpha value is -1.72. The van der Waals surface area contributed by atoms with Crippen LogP contribution in [0.3, 0.4) is 0 Å². The van der Waals surface area contributed by atoms with Crippen LogP contribution in [0.1, 0.15) is 16.2 Å². The Bertz CT molecular complexity index is 333. The van der Waals surface area contributed by atoms with Crippen molar-refractivity contribution in [2.75, 3.05) is 6.54 Å². The fourth-order valence-corrected chi connectivity index (χ4v) is 1.11. The van der Waals surface area contributed by atoms with Gasteiger partial charge in [-0.15, -0.1) is 0 Å². The number of aldehydes is 1. The zero-order valence-electron chi connectivity index (χ0n) is 6.06. The number of nitrogens with zero attached hydrogens (tertiary/aromatic N) is 3. The number of carbonyl (C=O) groups is 2. The van der Waals surface area contributed by atoms with E-state index in [2.05, 4.69) is 14.9 Å². The van der Waals surface area contributed by atoms with Crippen molar-refractivity contribution in [3.63, 3.8) is 0 Å². The number of aromatic nitrogens is 2. The van der Waals surface area contributed by atoms with Gasteiger partial charge in [0.2, 0.25) is 0 Å². The summed E-state index contributed by atoms with van der Waals surface area (Å²) < 4.78 is 4.35. The van der Waals surface area contributed by atoms with Crippen molar-refractivity contribution < 1.29 is 14.2 Å². The number of amides is 1. The lowest BCUT2D eigenvalue weighted by Gasteiger charge is -2.08. The average molecular weight is 167 g/mol. The van der Waals surface area contributed by atoms with Crippen LogP contribution in [-0.4, -0.2) is 34.0 Å². The third kappa shape index (κ3) is 0.810. The number of hydrogen-bond donors (Lipinski definition) is 0. The molecule has 0 spiro atoms. The smallest absolute Gasteiger partial charge is 0.278 e. The highest BCUT2D eigenvalue weighted by atomic mass is 16.6. The molecule has 1 aliphatic rings. The summed E-state index contributed by atoms with van der Waals surface area (Å²) in [4.78, 5) is 22.7. The fraction of sp³-hybridized carbons (Fsp3) is 0.333. The van der Waals surface area contributed by atoms with E-state index in [4.69, 9.17) is 0 Å². The van der Waals surface area contributed by atoms with Gasteiger partial charge in [0, 0.05) is 0 Å². The molecule has 0 atom stereocenters. The molecule has 12 heavy (non-hydrogen) atoms. The van der Waals surface area contributed by atoms with E-state index >= 15 is 0 Å². The van der Waals surface area contributed by atoms with Gasteiger partial charge in [0.25, 0.3) is 5.91 Å². The summed E-state index contributed by atoms with van der Waals surface area (Å²) in [6.45, 7) is 0.396. The second-order valence-corrected chi connectivity index (χ2v) is 2.41. The molecule has 0 radical (unpaired) electrons. The fourth-order valence-electron chi connectivity index (χ4n) is 1.11. The predicted molar refractivity (Wildman–Crippen MR) is 35.1 cm³/mol. The Morgan fingerprint density at radius 2 is 2.42 bits per heavy atom. The Labute approximate surface area is 67.1 Å². The Morgan fingerprint density at radius 3 is 3.08 bits per heavy atom. The van der Waals surface area contributed by atoms with E-state index in [1.54, 1.807) is 0 Å². The molecule has 0 saturated carbocycles. The highest BCUT2D eigenvalue weighted by molar-refractivity contribution is 5.96. The third-order valence-corrected chi connectivity index (χ3v) is 1.68. The summed E-state index contributed by atoms with van der Waals surface area (Å²) in [6.07, 6.45) is 0.668. The van der Waals surface area contributed by atoms with Gasteiger partial charge in [-0.25, -0.2) is 4.63 Å². The largest absolute Gasteiger partial charge is 0.324 e. The lowest BCUT2D eigenvalue weighted by atomic mass is 10.4. The summed E-state index contributed by atoms with van der Waals surface area (Å²) in [7, 11) is 0. The second-order valence-electron chi connectivity index (χ2n) is 2.41. The van der Waals surface area contributed by atoms with Crippen LogP contribution in [0, 0.1) is 0 Å². The van der Waals surface area contributed by atoms with Gasteiger partial charge in [-0.1, -0.05) is 5.16 Å². The molecule has 0 fully saturated rings. The third-order valence-electron chi connectivity index (χ3n) is 1.68. The topological polar surface area (TPSA) is 76.3 Å². The molecule has 6 heteroatoms. The first-order valence-corrected chi connectivity index (χ1v) is 3.37. The number of hydrogen-bond acceptors (Lipinski definition) is 5. The molecule has 0 N–H and O–H groups in total. The molecule has 1 aliphatic heterocycles. The number of carbonyl (C=O) groups excluding carboxylic acids is 2. The summed E-state index contributed by atoms with van der Waals surface area (Å²) in [5, 5.41) is 6.93. The molecule has 1 amide bonds. The Kier molecular flexibility index (Phi) is 1.39. The molecule has 0 aliphatic carbocycles. The molecule has 6 nitrogen and oxygen atoms in total. The van der Waals surface area contributed by atoms with Crippen LogP contribution in [0.5, 0.6) is 0 Å². The highest BCUT2D eigenvalue weighted by Crippen LogP contribution is 2.17. The summed E-state index contributed by atoms with van der Waals surface area (Å²) in [6, 6.07) is 0. The molecule has 2 rings (SSSR count). The van der Waals surface area contributed by atoms with Crippen molar-refractivity contribution in [1.29, 1.82) is 0 Å². The SMILES string of the molecule is O=CCN1Cc2nonc2C1=O. The van der Waals surface area contributed by atoms with Gasteiger partial charge in [0.1, 0.15) is 12.0 Å². The van der Waals surface area contributed by atoms with E-state index in [1.165, 1.54) is 4.90 Å². The minimum atomic E-state index is -0.293. The van der Waals surface area contributed by atoms with Crippen LogP contribution in [0.4, 0.5) is 0 Å². The van der Waals surface area contributed by atoms with Crippen molar-refractivity contribution in [2.24, 2.45) is 0 Å². The summed E-state index contributed by atoms with van der Waals surface area (Å²) in [5.41, 5.74) is 0.721. The zero-order chi connectivity index (χ0) is 8.55. The van der Waals surface area contributed by atoms with Gasteiger partial charge in [-0.05, 0) is 5.16 Å². The van der Waals surface area contributed by atoms with Gasteiger partial charge in [0.15, 0.2) is 5.69 Å². The average Bonchev–Trinajstić information content (AvgIpc) is 2.58. The minimum Gasteiger partial charge on any atom is -0.324 e. The van der Waals surface area contributed by atoms with Gasteiger partial charge >= 0.3 is 0 Å². The van der Waals surface area contributed by atoms with E-state index in [9.17, 15) is 9.59 Å². The van der Waals surface area contributed by atoms with Crippen LogP contribution in [0.15, 0.2) is 4.63 Å². The van der Waals surface area contributed by atoms with Gasteiger partial charge in [-0.3, -0.25) is 4.79 Å². The Balaban J connectivity index is 2.27. The first kappa shape index (κ1) is 6.96. The van der Waals surface area contributed by atoms with Crippen LogP contribution >= 0.6 is 0 Å².